The highest BCUT2D eigenvalue weighted by Crippen LogP contribution is 2.34. The van der Waals surface area contributed by atoms with Gasteiger partial charge in [0.1, 0.15) is 11.4 Å². The Morgan fingerprint density at radius 1 is 1.15 bits per heavy atom. The van der Waals surface area contributed by atoms with E-state index in [1.54, 1.807) is 4.68 Å². The number of aryl methyl sites for hydroxylation is 1. The number of nitrogens with one attached hydrogen (secondary N) is 1. The second kappa shape index (κ2) is 9.36. The summed E-state index contributed by atoms with van der Waals surface area (Å²) >= 11 is 7.00. The van der Waals surface area contributed by atoms with Crippen molar-refractivity contribution in [3.8, 4) is 0 Å². The molecule has 0 saturated heterocycles. The smallest absolute Gasteiger partial charge is 0.324 e. The van der Waals surface area contributed by atoms with Crippen LogP contribution in [-0.2, 0) is 17.5 Å². The highest BCUT2D eigenvalue weighted by molar-refractivity contribution is 8.00. The van der Waals surface area contributed by atoms with Crippen LogP contribution in [0, 0.1) is 6.92 Å². The lowest BCUT2D eigenvalue weighted by atomic mass is 10.1. The number of thioether (sulfide) groups is 1. The largest absolute Gasteiger partial charge is 0.416 e. The van der Waals surface area contributed by atoms with Gasteiger partial charge in [0.05, 0.1) is 28.6 Å². The van der Waals surface area contributed by atoms with Crippen molar-refractivity contribution in [2.75, 3.05) is 11.1 Å². The van der Waals surface area contributed by atoms with Gasteiger partial charge in [-0.1, -0.05) is 58.4 Å². The minimum atomic E-state index is -4.55. The number of hydrogen-bond acceptors (Lipinski definition) is 6. The van der Waals surface area contributed by atoms with Gasteiger partial charge in [-0.15, -0.1) is 5.10 Å². The Hall–Kier alpha value is -3.18. The fraction of sp³-hybridized carbons (Fsp3) is 0.190. The second-order valence-electron chi connectivity index (χ2n) is 7.11. The highest BCUT2D eigenvalue weighted by atomic mass is 35.5. The van der Waals surface area contributed by atoms with Crippen LogP contribution in [0.5, 0.6) is 0 Å². The van der Waals surface area contributed by atoms with Gasteiger partial charge in [-0.3, -0.25) is 4.79 Å². The molecule has 0 bridgehead atoms. The molecular formula is C21H16ClF3N6OS. The molecule has 0 fully saturated rings. The Labute approximate surface area is 195 Å². The minimum absolute atomic E-state index is 0.00447. The van der Waals surface area contributed by atoms with Crippen molar-refractivity contribution >= 4 is 46.1 Å². The van der Waals surface area contributed by atoms with Crippen LogP contribution in [0.1, 0.15) is 16.7 Å². The van der Waals surface area contributed by atoms with Crippen LogP contribution >= 0.6 is 23.4 Å². The van der Waals surface area contributed by atoms with Crippen molar-refractivity contribution < 1.29 is 18.0 Å². The molecule has 0 saturated carbocycles. The average Bonchev–Trinajstić information content (AvgIpc) is 3.18. The van der Waals surface area contributed by atoms with E-state index in [1.807, 2.05) is 31.2 Å². The summed E-state index contributed by atoms with van der Waals surface area (Å²) in [5, 5.41) is 11.1. The molecule has 0 spiro atoms. The summed E-state index contributed by atoms with van der Waals surface area (Å²) in [5.74, 6) is -0.663. The van der Waals surface area contributed by atoms with Crippen LogP contribution < -0.4 is 5.32 Å². The third-order valence-corrected chi connectivity index (χ3v) is 5.94. The van der Waals surface area contributed by atoms with Crippen LogP contribution in [0.3, 0.4) is 0 Å². The monoisotopic (exact) mass is 492 g/mol. The first kappa shape index (κ1) is 23.0. The first-order valence-electron chi connectivity index (χ1n) is 9.60. The number of benzene rings is 2. The molecule has 4 aromatic rings. The summed E-state index contributed by atoms with van der Waals surface area (Å²) in [4.78, 5) is 20.8. The number of anilines is 1. The fourth-order valence-electron chi connectivity index (χ4n) is 2.97. The predicted molar refractivity (Wildman–Crippen MR) is 119 cm³/mol. The summed E-state index contributed by atoms with van der Waals surface area (Å²) in [5.41, 5.74) is 2.09. The van der Waals surface area contributed by atoms with Gasteiger partial charge in [-0.05, 0) is 30.7 Å². The molecule has 0 aliphatic carbocycles. The standard InChI is InChI=1S/C21H16ClF3N6OS/c1-12-2-4-13(5-3-12)9-31-19-18(29-30-31)20(27-11-26-19)33-10-17(32)28-16-8-14(21(23,24)25)6-7-15(16)22/h2-8,11H,9-10H2,1H3,(H,28,32). The number of aromatic nitrogens is 5. The van der Waals surface area contributed by atoms with Crippen LogP contribution in [0.25, 0.3) is 11.2 Å². The van der Waals surface area contributed by atoms with Crippen molar-refractivity contribution in [2.24, 2.45) is 0 Å². The summed E-state index contributed by atoms with van der Waals surface area (Å²) in [6.45, 7) is 2.47. The summed E-state index contributed by atoms with van der Waals surface area (Å²) in [6, 6.07) is 10.7. The van der Waals surface area contributed by atoms with Crippen LogP contribution in [0.2, 0.25) is 5.02 Å². The van der Waals surface area contributed by atoms with E-state index in [0.717, 1.165) is 41.1 Å². The maximum absolute atomic E-state index is 12.9. The van der Waals surface area contributed by atoms with Crippen molar-refractivity contribution in [1.82, 2.24) is 25.0 Å². The number of carbonyl (C=O) groups excluding carboxylic acids is 1. The molecule has 33 heavy (non-hydrogen) atoms. The van der Waals surface area contributed by atoms with Gasteiger partial charge < -0.3 is 5.32 Å². The first-order chi connectivity index (χ1) is 15.7. The quantitative estimate of drug-likeness (QED) is 0.302. The molecule has 170 valence electrons. The SMILES string of the molecule is Cc1ccc(Cn2nnc3c(SCC(=O)Nc4cc(C(F)(F)F)ccc4Cl)ncnc32)cc1. The van der Waals surface area contributed by atoms with Gasteiger partial charge in [0.2, 0.25) is 5.91 Å². The van der Waals surface area contributed by atoms with E-state index in [1.165, 1.54) is 6.33 Å². The van der Waals surface area contributed by atoms with Crippen molar-refractivity contribution in [1.29, 1.82) is 0 Å². The molecule has 0 unspecified atom stereocenters. The minimum Gasteiger partial charge on any atom is -0.324 e. The van der Waals surface area contributed by atoms with Crippen molar-refractivity contribution in [3.63, 3.8) is 0 Å². The molecule has 0 aliphatic heterocycles. The number of hydrogen-bond donors (Lipinski definition) is 1. The van der Waals surface area contributed by atoms with E-state index < -0.39 is 17.6 Å². The number of nitrogens with zero attached hydrogens (tertiary/aromatic N) is 5. The van der Waals surface area contributed by atoms with E-state index >= 15 is 0 Å². The van der Waals surface area contributed by atoms with Crippen LogP contribution in [0.15, 0.2) is 53.8 Å². The van der Waals surface area contributed by atoms with Crippen molar-refractivity contribution in [2.45, 2.75) is 24.7 Å². The van der Waals surface area contributed by atoms with E-state index in [9.17, 15) is 18.0 Å². The maximum Gasteiger partial charge on any atom is 0.416 e. The normalized spacial score (nSPS) is 11.7. The maximum atomic E-state index is 12.9. The summed E-state index contributed by atoms with van der Waals surface area (Å²) in [6.07, 6.45) is -3.20. The average molecular weight is 493 g/mol. The van der Waals surface area contributed by atoms with E-state index in [2.05, 4.69) is 25.6 Å². The number of halogens is 4. The zero-order valence-corrected chi connectivity index (χ0v) is 18.7. The third kappa shape index (κ3) is 5.42. The Morgan fingerprint density at radius 3 is 2.64 bits per heavy atom. The molecule has 12 heteroatoms. The topological polar surface area (TPSA) is 85.6 Å². The zero-order chi connectivity index (χ0) is 23.6. The third-order valence-electron chi connectivity index (χ3n) is 4.63. The summed E-state index contributed by atoms with van der Waals surface area (Å²) < 4.78 is 40.4. The first-order valence-corrected chi connectivity index (χ1v) is 11.0. The highest BCUT2D eigenvalue weighted by Gasteiger charge is 2.31. The predicted octanol–water partition coefficient (Wildman–Crippen LogP) is 4.98. The second-order valence-corrected chi connectivity index (χ2v) is 8.48. The molecule has 7 nitrogen and oxygen atoms in total. The molecule has 2 heterocycles. The van der Waals surface area contributed by atoms with Gasteiger partial charge in [0.25, 0.3) is 0 Å². The van der Waals surface area contributed by atoms with E-state index in [0.29, 0.717) is 22.7 Å². The number of rotatable bonds is 6. The fourth-order valence-corrected chi connectivity index (χ4v) is 3.86. The van der Waals surface area contributed by atoms with Gasteiger partial charge in [-0.25, -0.2) is 14.6 Å². The van der Waals surface area contributed by atoms with Crippen LogP contribution in [0.4, 0.5) is 18.9 Å². The van der Waals surface area contributed by atoms with E-state index in [4.69, 9.17) is 11.6 Å². The van der Waals surface area contributed by atoms with Crippen LogP contribution in [-0.4, -0.2) is 36.6 Å². The molecule has 2 aromatic heterocycles. The Balaban J connectivity index is 1.46. The molecule has 1 amide bonds. The Morgan fingerprint density at radius 2 is 1.91 bits per heavy atom. The lowest BCUT2D eigenvalue weighted by Gasteiger charge is -2.11. The van der Waals surface area contributed by atoms with Gasteiger partial charge >= 0.3 is 6.18 Å². The zero-order valence-electron chi connectivity index (χ0n) is 17.1. The lowest BCUT2D eigenvalue weighted by Crippen LogP contribution is -2.15. The van der Waals surface area contributed by atoms with Gasteiger partial charge in [0.15, 0.2) is 11.2 Å². The molecule has 0 atom stereocenters. The molecule has 0 radical (unpaired) electrons. The number of alkyl halides is 3. The number of amides is 1. The lowest BCUT2D eigenvalue weighted by molar-refractivity contribution is -0.137. The molecule has 4 rings (SSSR count). The molecule has 1 N–H and O–H groups in total. The van der Waals surface area contributed by atoms with Gasteiger partial charge in [-0.2, -0.15) is 13.2 Å². The summed E-state index contributed by atoms with van der Waals surface area (Å²) in [7, 11) is 0. The molecule has 2 aromatic carbocycles. The Bertz CT molecular complexity index is 1310. The number of fused-ring (bicyclic) bond motifs is 1. The molecule has 0 aliphatic rings. The Kier molecular flexibility index (Phi) is 6.52. The molecular weight excluding hydrogens is 477 g/mol. The number of carbonyl (C=O) groups is 1. The van der Waals surface area contributed by atoms with Gasteiger partial charge in [0, 0.05) is 0 Å². The van der Waals surface area contributed by atoms with E-state index in [-0.39, 0.29) is 16.5 Å². The van der Waals surface area contributed by atoms with Crippen molar-refractivity contribution in [3.05, 3.63) is 70.5 Å².